The SMILES string of the molecule is CN1CC[C@@H](CC(=O)c2ccc3nsnc3c2)C1. The lowest BCUT2D eigenvalue weighted by molar-refractivity contribution is 0.0963. The maximum Gasteiger partial charge on any atom is 0.163 e. The predicted molar refractivity (Wildman–Crippen MR) is 72.0 cm³/mol. The summed E-state index contributed by atoms with van der Waals surface area (Å²) in [4.78, 5) is 14.5. The van der Waals surface area contributed by atoms with Crippen LogP contribution in [0.3, 0.4) is 0 Å². The van der Waals surface area contributed by atoms with Crippen molar-refractivity contribution in [1.82, 2.24) is 13.6 Å². The number of aromatic nitrogens is 2. The number of carbonyl (C=O) groups excluding carboxylic acids is 1. The molecule has 3 rings (SSSR count). The molecule has 1 aliphatic rings. The van der Waals surface area contributed by atoms with Gasteiger partial charge < -0.3 is 4.90 Å². The Bertz CT molecular complexity index is 580. The molecule has 1 aliphatic heterocycles. The van der Waals surface area contributed by atoms with Crippen LogP contribution in [0.15, 0.2) is 18.2 Å². The molecule has 2 heterocycles. The van der Waals surface area contributed by atoms with Gasteiger partial charge in [-0.3, -0.25) is 4.79 Å². The van der Waals surface area contributed by atoms with Crippen LogP contribution < -0.4 is 0 Å². The topological polar surface area (TPSA) is 46.1 Å². The van der Waals surface area contributed by atoms with Gasteiger partial charge in [-0.15, -0.1) is 0 Å². The highest BCUT2D eigenvalue weighted by atomic mass is 32.1. The van der Waals surface area contributed by atoms with Crippen molar-refractivity contribution < 1.29 is 4.79 Å². The predicted octanol–water partition coefficient (Wildman–Crippen LogP) is 2.22. The molecule has 0 radical (unpaired) electrons. The molecule has 0 N–H and O–H groups in total. The summed E-state index contributed by atoms with van der Waals surface area (Å²) in [6.45, 7) is 2.14. The van der Waals surface area contributed by atoms with Gasteiger partial charge in [0.25, 0.3) is 0 Å². The Morgan fingerprint density at radius 3 is 3.06 bits per heavy atom. The number of likely N-dealkylation sites (tertiary alicyclic amines) is 1. The van der Waals surface area contributed by atoms with Crippen LogP contribution in [0, 0.1) is 5.92 Å². The molecular weight excluding hydrogens is 246 g/mol. The van der Waals surface area contributed by atoms with Crippen LogP contribution in [-0.4, -0.2) is 39.6 Å². The van der Waals surface area contributed by atoms with Crippen LogP contribution in [0.5, 0.6) is 0 Å². The Morgan fingerprint density at radius 1 is 1.44 bits per heavy atom. The van der Waals surface area contributed by atoms with Gasteiger partial charge in [0.1, 0.15) is 11.0 Å². The van der Waals surface area contributed by atoms with Crippen LogP contribution in [0.1, 0.15) is 23.2 Å². The standard InChI is InChI=1S/C13H15N3OS/c1-16-5-4-9(8-16)6-13(17)10-2-3-11-12(7-10)15-18-14-11/h2-3,7,9H,4-6,8H2,1H3/t9-/m0/s1. The summed E-state index contributed by atoms with van der Waals surface area (Å²) in [6, 6.07) is 5.61. The van der Waals surface area contributed by atoms with Crippen LogP contribution in [-0.2, 0) is 0 Å². The number of benzene rings is 1. The lowest BCUT2D eigenvalue weighted by Gasteiger charge is -2.09. The number of Topliss-reactive ketones (excluding diaryl/α,β-unsaturated/α-hetero) is 1. The third-order valence-corrected chi connectivity index (χ3v) is 4.10. The second-order valence-electron chi connectivity index (χ2n) is 5.01. The highest BCUT2D eigenvalue weighted by molar-refractivity contribution is 7.00. The van der Waals surface area contributed by atoms with E-state index in [2.05, 4.69) is 20.7 Å². The van der Waals surface area contributed by atoms with E-state index in [0.717, 1.165) is 36.1 Å². The third kappa shape index (κ3) is 2.28. The van der Waals surface area contributed by atoms with Crippen LogP contribution in [0.4, 0.5) is 0 Å². The quantitative estimate of drug-likeness (QED) is 0.795. The first-order chi connectivity index (χ1) is 8.72. The van der Waals surface area contributed by atoms with Crippen LogP contribution >= 0.6 is 11.7 Å². The maximum absolute atomic E-state index is 12.2. The first kappa shape index (κ1) is 11.7. The molecular formula is C13H15N3OS. The van der Waals surface area contributed by atoms with Crippen LogP contribution in [0.25, 0.3) is 11.0 Å². The van der Waals surface area contributed by atoms with Crippen molar-refractivity contribution in [3.63, 3.8) is 0 Å². The molecule has 4 nitrogen and oxygen atoms in total. The smallest absolute Gasteiger partial charge is 0.163 e. The average molecular weight is 261 g/mol. The second-order valence-corrected chi connectivity index (χ2v) is 5.54. The lowest BCUT2D eigenvalue weighted by atomic mass is 9.97. The molecule has 0 saturated carbocycles. The van der Waals surface area contributed by atoms with E-state index in [1.165, 1.54) is 11.7 Å². The van der Waals surface area contributed by atoms with Gasteiger partial charge in [0.05, 0.1) is 11.7 Å². The zero-order valence-corrected chi connectivity index (χ0v) is 11.1. The van der Waals surface area contributed by atoms with Gasteiger partial charge in [-0.2, -0.15) is 8.75 Å². The largest absolute Gasteiger partial charge is 0.306 e. The summed E-state index contributed by atoms with van der Waals surface area (Å²) in [5, 5.41) is 0. The molecule has 1 saturated heterocycles. The summed E-state index contributed by atoms with van der Waals surface area (Å²) in [5.74, 6) is 0.733. The number of nitrogens with zero attached hydrogens (tertiary/aromatic N) is 3. The fourth-order valence-corrected chi connectivity index (χ4v) is 3.05. The third-order valence-electron chi connectivity index (χ3n) is 3.54. The van der Waals surface area contributed by atoms with Crippen molar-refractivity contribution in [3.8, 4) is 0 Å². The van der Waals surface area contributed by atoms with Gasteiger partial charge in [-0.05, 0) is 44.1 Å². The molecule has 2 aromatic rings. The average Bonchev–Trinajstić information content (AvgIpc) is 2.96. The molecule has 0 bridgehead atoms. The minimum Gasteiger partial charge on any atom is -0.306 e. The van der Waals surface area contributed by atoms with Gasteiger partial charge in [0, 0.05) is 18.5 Å². The van der Waals surface area contributed by atoms with E-state index >= 15 is 0 Å². The van der Waals surface area contributed by atoms with Gasteiger partial charge in [0.15, 0.2) is 5.78 Å². The zero-order valence-electron chi connectivity index (χ0n) is 10.3. The molecule has 94 valence electrons. The minimum absolute atomic E-state index is 0.227. The minimum atomic E-state index is 0.227. The number of carbonyl (C=O) groups is 1. The summed E-state index contributed by atoms with van der Waals surface area (Å²) >= 11 is 1.19. The highest BCUT2D eigenvalue weighted by Crippen LogP contribution is 2.21. The molecule has 0 unspecified atom stereocenters. The van der Waals surface area contributed by atoms with Crippen molar-refractivity contribution in [2.75, 3.05) is 20.1 Å². The van der Waals surface area contributed by atoms with E-state index in [0.29, 0.717) is 12.3 Å². The van der Waals surface area contributed by atoms with E-state index in [1.807, 2.05) is 18.2 Å². The molecule has 1 atom stereocenters. The molecule has 18 heavy (non-hydrogen) atoms. The highest BCUT2D eigenvalue weighted by Gasteiger charge is 2.22. The molecule has 1 fully saturated rings. The Morgan fingerprint density at radius 2 is 2.28 bits per heavy atom. The Labute approximate surface area is 110 Å². The van der Waals surface area contributed by atoms with Crippen molar-refractivity contribution in [3.05, 3.63) is 23.8 Å². The molecule has 1 aromatic heterocycles. The number of ketones is 1. The molecule has 5 heteroatoms. The fraction of sp³-hybridized carbons (Fsp3) is 0.462. The van der Waals surface area contributed by atoms with Gasteiger partial charge >= 0.3 is 0 Å². The van der Waals surface area contributed by atoms with E-state index in [1.54, 1.807) is 0 Å². The van der Waals surface area contributed by atoms with Crippen molar-refractivity contribution in [1.29, 1.82) is 0 Å². The Balaban J connectivity index is 1.75. The molecule has 0 spiro atoms. The van der Waals surface area contributed by atoms with Gasteiger partial charge in [-0.25, -0.2) is 0 Å². The van der Waals surface area contributed by atoms with Crippen LogP contribution in [0.2, 0.25) is 0 Å². The molecule has 1 aromatic carbocycles. The number of hydrogen-bond donors (Lipinski definition) is 0. The summed E-state index contributed by atoms with van der Waals surface area (Å²) in [5.41, 5.74) is 2.47. The second kappa shape index (κ2) is 4.74. The van der Waals surface area contributed by atoms with E-state index in [4.69, 9.17) is 0 Å². The molecule has 0 aliphatic carbocycles. The van der Waals surface area contributed by atoms with E-state index in [9.17, 15) is 4.79 Å². The van der Waals surface area contributed by atoms with E-state index in [-0.39, 0.29) is 5.78 Å². The summed E-state index contributed by atoms with van der Waals surface area (Å²) < 4.78 is 8.32. The zero-order chi connectivity index (χ0) is 12.5. The van der Waals surface area contributed by atoms with Crippen molar-refractivity contribution >= 4 is 28.5 Å². The number of hydrogen-bond acceptors (Lipinski definition) is 5. The summed E-state index contributed by atoms with van der Waals surface area (Å²) in [7, 11) is 2.11. The van der Waals surface area contributed by atoms with Gasteiger partial charge in [-0.1, -0.05) is 0 Å². The summed E-state index contributed by atoms with van der Waals surface area (Å²) in [6.07, 6.45) is 1.77. The fourth-order valence-electron chi connectivity index (χ4n) is 2.53. The van der Waals surface area contributed by atoms with Crippen molar-refractivity contribution in [2.24, 2.45) is 5.92 Å². The lowest BCUT2D eigenvalue weighted by Crippen LogP contribution is -2.15. The monoisotopic (exact) mass is 261 g/mol. The van der Waals surface area contributed by atoms with E-state index < -0.39 is 0 Å². The Kier molecular flexibility index (Phi) is 3.09. The van der Waals surface area contributed by atoms with Crippen molar-refractivity contribution in [2.45, 2.75) is 12.8 Å². The number of fused-ring (bicyclic) bond motifs is 1. The number of rotatable bonds is 3. The van der Waals surface area contributed by atoms with Gasteiger partial charge in [0.2, 0.25) is 0 Å². The Hall–Kier alpha value is -1.33. The first-order valence-corrected chi connectivity index (χ1v) is 6.89. The normalized spacial score (nSPS) is 20.6. The molecule has 0 amide bonds. The first-order valence-electron chi connectivity index (χ1n) is 6.16. The maximum atomic E-state index is 12.2.